The Morgan fingerprint density at radius 1 is 1.29 bits per heavy atom. The summed E-state index contributed by atoms with van der Waals surface area (Å²) in [5.74, 6) is 1.28. The minimum absolute atomic E-state index is 0.0868. The van der Waals surface area contributed by atoms with Gasteiger partial charge in [-0.25, -0.2) is 9.97 Å². The molecule has 0 aliphatic rings. The molecular formula is C14H19N5O2. The van der Waals surface area contributed by atoms with Crippen molar-refractivity contribution >= 4 is 17.5 Å². The first kappa shape index (κ1) is 15.0. The minimum atomic E-state index is -0.0868. The molecule has 112 valence electrons. The summed E-state index contributed by atoms with van der Waals surface area (Å²) in [7, 11) is 3.72. The van der Waals surface area contributed by atoms with Crippen molar-refractivity contribution in [2.45, 2.75) is 26.7 Å². The van der Waals surface area contributed by atoms with E-state index in [0.29, 0.717) is 24.5 Å². The molecule has 1 N–H and O–H groups in total. The van der Waals surface area contributed by atoms with Gasteiger partial charge in [0.15, 0.2) is 0 Å². The molecule has 0 aromatic carbocycles. The monoisotopic (exact) mass is 289 g/mol. The Labute approximate surface area is 123 Å². The van der Waals surface area contributed by atoms with Crippen LogP contribution >= 0.6 is 0 Å². The Kier molecular flexibility index (Phi) is 4.52. The van der Waals surface area contributed by atoms with E-state index in [1.165, 1.54) is 0 Å². The maximum atomic E-state index is 11.9. The standard InChI is InChI=1S/C14H19N5O2/c1-9-12(10(2)21-18-9)5-6-13(20)17-11-7-15-14(16-8-11)19(3)4/h7-8H,5-6H2,1-4H3,(H,17,20). The van der Waals surface area contributed by atoms with Crippen molar-refractivity contribution < 1.29 is 9.32 Å². The van der Waals surface area contributed by atoms with E-state index in [9.17, 15) is 4.79 Å². The van der Waals surface area contributed by atoms with Crippen LogP contribution in [-0.4, -0.2) is 35.1 Å². The van der Waals surface area contributed by atoms with E-state index in [4.69, 9.17) is 4.52 Å². The van der Waals surface area contributed by atoms with Gasteiger partial charge in [0.25, 0.3) is 0 Å². The van der Waals surface area contributed by atoms with Gasteiger partial charge in [-0.15, -0.1) is 0 Å². The lowest BCUT2D eigenvalue weighted by molar-refractivity contribution is -0.116. The van der Waals surface area contributed by atoms with Gasteiger partial charge in [0.2, 0.25) is 11.9 Å². The molecule has 0 spiro atoms. The highest BCUT2D eigenvalue weighted by atomic mass is 16.5. The van der Waals surface area contributed by atoms with Gasteiger partial charge in [-0.05, 0) is 20.3 Å². The number of hydrogen-bond acceptors (Lipinski definition) is 6. The molecule has 7 heteroatoms. The van der Waals surface area contributed by atoms with Gasteiger partial charge in [-0.3, -0.25) is 4.79 Å². The molecule has 2 aromatic heterocycles. The van der Waals surface area contributed by atoms with Crippen molar-refractivity contribution in [3.63, 3.8) is 0 Å². The number of rotatable bonds is 5. The highest BCUT2D eigenvalue weighted by Crippen LogP contribution is 2.15. The maximum Gasteiger partial charge on any atom is 0.224 e. The summed E-state index contributed by atoms with van der Waals surface area (Å²) in [6, 6.07) is 0. The van der Waals surface area contributed by atoms with Crippen molar-refractivity contribution in [1.29, 1.82) is 0 Å². The summed E-state index contributed by atoms with van der Waals surface area (Å²) < 4.78 is 5.08. The lowest BCUT2D eigenvalue weighted by atomic mass is 10.1. The Hall–Kier alpha value is -2.44. The first-order valence-corrected chi connectivity index (χ1v) is 6.68. The van der Waals surface area contributed by atoms with Crippen LogP contribution < -0.4 is 10.2 Å². The molecule has 0 unspecified atom stereocenters. The zero-order valence-electron chi connectivity index (χ0n) is 12.7. The van der Waals surface area contributed by atoms with Crippen LogP contribution in [0.2, 0.25) is 0 Å². The van der Waals surface area contributed by atoms with Crippen LogP contribution in [0.4, 0.5) is 11.6 Å². The second kappa shape index (κ2) is 6.34. The van der Waals surface area contributed by atoms with Gasteiger partial charge in [0, 0.05) is 26.1 Å². The Morgan fingerprint density at radius 3 is 2.48 bits per heavy atom. The van der Waals surface area contributed by atoms with Gasteiger partial charge in [-0.2, -0.15) is 0 Å². The molecule has 2 rings (SSSR count). The fourth-order valence-electron chi connectivity index (χ4n) is 1.94. The first-order chi connectivity index (χ1) is 9.97. The average Bonchev–Trinajstić information content (AvgIpc) is 2.76. The zero-order valence-corrected chi connectivity index (χ0v) is 12.7. The molecule has 2 heterocycles. The number of nitrogens with zero attached hydrogens (tertiary/aromatic N) is 4. The number of anilines is 2. The van der Waals surface area contributed by atoms with Gasteiger partial charge in [-0.1, -0.05) is 5.16 Å². The quantitative estimate of drug-likeness (QED) is 0.902. The second-order valence-corrected chi connectivity index (χ2v) is 5.02. The van der Waals surface area contributed by atoms with Crippen LogP contribution in [0, 0.1) is 13.8 Å². The number of amides is 1. The summed E-state index contributed by atoms with van der Waals surface area (Å²) in [5.41, 5.74) is 2.41. The fraction of sp³-hybridized carbons (Fsp3) is 0.429. The third kappa shape index (κ3) is 3.77. The smallest absolute Gasteiger partial charge is 0.224 e. The number of hydrogen-bond donors (Lipinski definition) is 1. The number of carbonyl (C=O) groups is 1. The second-order valence-electron chi connectivity index (χ2n) is 5.02. The van der Waals surface area contributed by atoms with Gasteiger partial charge < -0.3 is 14.7 Å². The molecule has 0 saturated heterocycles. The number of nitrogens with one attached hydrogen (secondary N) is 1. The average molecular weight is 289 g/mol. The van der Waals surface area contributed by atoms with Gasteiger partial charge >= 0.3 is 0 Å². The normalized spacial score (nSPS) is 10.5. The predicted molar refractivity (Wildman–Crippen MR) is 79.3 cm³/mol. The molecule has 0 radical (unpaired) electrons. The van der Waals surface area contributed by atoms with Gasteiger partial charge in [0.1, 0.15) is 5.76 Å². The van der Waals surface area contributed by atoms with Crippen molar-refractivity contribution in [2.24, 2.45) is 0 Å². The number of aryl methyl sites for hydroxylation is 2. The molecule has 0 saturated carbocycles. The van der Waals surface area contributed by atoms with E-state index < -0.39 is 0 Å². The molecule has 7 nitrogen and oxygen atoms in total. The fourth-order valence-corrected chi connectivity index (χ4v) is 1.94. The van der Waals surface area contributed by atoms with Crippen LogP contribution in [0.1, 0.15) is 23.4 Å². The Morgan fingerprint density at radius 2 is 1.95 bits per heavy atom. The molecule has 0 aliphatic carbocycles. The van der Waals surface area contributed by atoms with E-state index >= 15 is 0 Å². The largest absolute Gasteiger partial charge is 0.361 e. The van der Waals surface area contributed by atoms with Crippen molar-refractivity contribution in [1.82, 2.24) is 15.1 Å². The molecular weight excluding hydrogens is 270 g/mol. The van der Waals surface area contributed by atoms with Crippen molar-refractivity contribution in [3.8, 4) is 0 Å². The molecule has 2 aromatic rings. The topological polar surface area (TPSA) is 84.2 Å². The Balaban J connectivity index is 1.90. The van der Waals surface area contributed by atoms with E-state index in [-0.39, 0.29) is 5.91 Å². The van der Waals surface area contributed by atoms with E-state index in [0.717, 1.165) is 17.0 Å². The summed E-state index contributed by atoms with van der Waals surface area (Å²) in [4.78, 5) is 22.0. The molecule has 0 atom stereocenters. The van der Waals surface area contributed by atoms with E-state index in [1.807, 2.05) is 27.9 Å². The number of aromatic nitrogens is 3. The summed E-state index contributed by atoms with van der Waals surface area (Å²) in [6.07, 6.45) is 4.15. The van der Waals surface area contributed by atoms with Crippen LogP contribution in [0.15, 0.2) is 16.9 Å². The first-order valence-electron chi connectivity index (χ1n) is 6.68. The lowest BCUT2D eigenvalue weighted by Crippen LogP contribution is -2.15. The molecule has 0 bridgehead atoms. The minimum Gasteiger partial charge on any atom is -0.361 e. The van der Waals surface area contributed by atoms with Crippen molar-refractivity contribution in [2.75, 3.05) is 24.3 Å². The summed E-state index contributed by atoms with van der Waals surface area (Å²) in [5, 5.41) is 6.65. The van der Waals surface area contributed by atoms with E-state index in [2.05, 4.69) is 20.4 Å². The Bertz CT molecular complexity index is 599. The molecule has 0 aliphatic heterocycles. The van der Waals surface area contributed by atoms with Crippen LogP contribution in [0.25, 0.3) is 0 Å². The zero-order chi connectivity index (χ0) is 15.4. The molecule has 21 heavy (non-hydrogen) atoms. The van der Waals surface area contributed by atoms with Gasteiger partial charge in [0.05, 0.1) is 23.8 Å². The lowest BCUT2D eigenvalue weighted by Gasteiger charge is -2.10. The SMILES string of the molecule is Cc1noc(C)c1CCC(=O)Nc1cnc(N(C)C)nc1. The maximum absolute atomic E-state index is 11.9. The van der Waals surface area contributed by atoms with Crippen LogP contribution in [0.5, 0.6) is 0 Å². The highest BCUT2D eigenvalue weighted by Gasteiger charge is 2.11. The van der Waals surface area contributed by atoms with E-state index in [1.54, 1.807) is 17.3 Å². The van der Waals surface area contributed by atoms with Crippen LogP contribution in [0.3, 0.4) is 0 Å². The molecule has 1 amide bonds. The van der Waals surface area contributed by atoms with Crippen LogP contribution in [-0.2, 0) is 11.2 Å². The third-order valence-electron chi connectivity index (χ3n) is 3.11. The summed E-state index contributed by atoms with van der Waals surface area (Å²) >= 11 is 0. The summed E-state index contributed by atoms with van der Waals surface area (Å²) in [6.45, 7) is 3.72. The third-order valence-corrected chi connectivity index (χ3v) is 3.11. The van der Waals surface area contributed by atoms with Crippen molar-refractivity contribution in [3.05, 3.63) is 29.4 Å². The molecule has 0 fully saturated rings. The highest BCUT2D eigenvalue weighted by molar-refractivity contribution is 5.90. The number of carbonyl (C=O) groups excluding carboxylic acids is 1. The predicted octanol–water partition coefficient (Wildman–Crippen LogP) is 1.72.